The maximum absolute atomic E-state index is 13.5. The second-order valence-electron chi connectivity index (χ2n) is 8.12. The SMILES string of the molecule is O=C(N[C@@H]1CCCC[C@H]1N1Cc2ccc(-c3nnc(C(F)F)o3)cc2S1(=O)=O)C(F)(F)C(F)(F)F. The Bertz CT molecular complexity index is 1230. The average molecular weight is 530 g/mol. The molecule has 2 atom stereocenters. The molecule has 1 aliphatic heterocycles. The maximum Gasteiger partial charge on any atom is 0.463 e. The molecule has 1 aromatic heterocycles. The fraction of sp³-hybridized carbons (Fsp3) is 0.526. The van der Waals surface area contributed by atoms with E-state index < -0.39 is 52.4 Å². The van der Waals surface area contributed by atoms with Gasteiger partial charge in [-0.15, -0.1) is 10.2 Å². The van der Waals surface area contributed by atoms with Gasteiger partial charge in [0.15, 0.2) is 0 Å². The van der Waals surface area contributed by atoms with Gasteiger partial charge in [0.25, 0.3) is 5.89 Å². The van der Waals surface area contributed by atoms with Crippen molar-refractivity contribution in [3.05, 3.63) is 29.7 Å². The first-order chi connectivity index (χ1) is 16.2. The Labute approximate surface area is 193 Å². The topological polar surface area (TPSA) is 105 Å². The minimum Gasteiger partial charge on any atom is -0.415 e. The molecule has 2 aliphatic rings. The zero-order valence-corrected chi connectivity index (χ0v) is 18.3. The van der Waals surface area contributed by atoms with Crippen molar-refractivity contribution in [3.63, 3.8) is 0 Å². The molecule has 1 aromatic carbocycles. The molecule has 0 spiro atoms. The highest BCUT2D eigenvalue weighted by molar-refractivity contribution is 7.89. The van der Waals surface area contributed by atoms with Gasteiger partial charge >= 0.3 is 24.4 Å². The molecular formula is C19H17F7N4O4S. The molecule has 0 unspecified atom stereocenters. The van der Waals surface area contributed by atoms with E-state index in [9.17, 15) is 43.9 Å². The summed E-state index contributed by atoms with van der Waals surface area (Å²) in [6.07, 6.45) is -8.19. The highest BCUT2D eigenvalue weighted by atomic mass is 32.2. The predicted molar refractivity (Wildman–Crippen MR) is 103 cm³/mol. The Hall–Kier alpha value is -2.75. The van der Waals surface area contributed by atoms with Gasteiger partial charge in [-0.25, -0.2) is 8.42 Å². The fourth-order valence-corrected chi connectivity index (χ4v) is 6.09. The highest BCUT2D eigenvalue weighted by Crippen LogP contribution is 2.40. The molecule has 0 radical (unpaired) electrons. The van der Waals surface area contributed by atoms with Crippen LogP contribution in [-0.2, 0) is 21.4 Å². The summed E-state index contributed by atoms with van der Waals surface area (Å²) in [5.74, 6) is -9.50. The van der Waals surface area contributed by atoms with Crippen molar-refractivity contribution in [2.45, 2.75) is 67.7 Å². The van der Waals surface area contributed by atoms with Crippen LogP contribution >= 0.6 is 0 Å². The Morgan fingerprint density at radius 3 is 2.43 bits per heavy atom. The van der Waals surface area contributed by atoms with Crippen LogP contribution < -0.4 is 5.32 Å². The minimum atomic E-state index is -6.10. The number of sulfonamides is 1. The average Bonchev–Trinajstić information content (AvgIpc) is 3.36. The largest absolute Gasteiger partial charge is 0.463 e. The van der Waals surface area contributed by atoms with Gasteiger partial charge in [-0.05, 0) is 30.5 Å². The summed E-state index contributed by atoms with van der Waals surface area (Å²) in [7, 11) is -4.28. The molecule has 35 heavy (non-hydrogen) atoms. The van der Waals surface area contributed by atoms with Crippen LogP contribution in [0.3, 0.4) is 0 Å². The van der Waals surface area contributed by atoms with E-state index >= 15 is 0 Å². The zero-order chi connectivity index (χ0) is 25.8. The van der Waals surface area contributed by atoms with E-state index in [-0.39, 0.29) is 41.3 Å². The summed E-state index contributed by atoms with van der Waals surface area (Å²) >= 11 is 0. The lowest BCUT2D eigenvalue weighted by molar-refractivity contribution is -0.270. The van der Waals surface area contributed by atoms with Crippen molar-refractivity contribution in [1.29, 1.82) is 0 Å². The van der Waals surface area contributed by atoms with Gasteiger partial charge in [-0.2, -0.15) is 35.0 Å². The summed E-state index contributed by atoms with van der Waals surface area (Å²) in [5, 5.41) is 8.33. The lowest BCUT2D eigenvalue weighted by atomic mass is 9.89. The quantitative estimate of drug-likeness (QED) is 0.590. The molecule has 192 valence electrons. The van der Waals surface area contributed by atoms with E-state index in [1.54, 1.807) is 5.32 Å². The molecule has 1 amide bonds. The monoisotopic (exact) mass is 530 g/mol. The van der Waals surface area contributed by atoms with Gasteiger partial charge < -0.3 is 9.73 Å². The molecule has 16 heteroatoms. The van der Waals surface area contributed by atoms with E-state index in [2.05, 4.69) is 10.2 Å². The van der Waals surface area contributed by atoms with Crippen LogP contribution in [0.4, 0.5) is 30.7 Å². The number of benzene rings is 1. The number of carbonyl (C=O) groups is 1. The number of nitrogens with zero attached hydrogens (tertiary/aromatic N) is 3. The second kappa shape index (κ2) is 8.72. The molecule has 0 saturated heterocycles. The number of amides is 1. The summed E-state index contributed by atoms with van der Waals surface area (Å²) in [6.45, 7) is -0.225. The zero-order valence-electron chi connectivity index (χ0n) is 17.5. The number of rotatable bonds is 5. The van der Waals surface area contributed by atoms with Crippen molar-refractivity contribution >= 4 is 15.9 Å². The van der Waals surface area contributed by atoms with Crippen molar-refractivity contribution in [2.24, 2.45) is 0 Å². The molecule has 1 N–H and O–H groups in total. The number of halogens is 7. The van der Waals surface area contributed by atoms with Gasteiger partial charge in [0.2, 0.25) is 15.9 Å². The Kier molecular flexibility index (Phi) is 6.32. The maximum atomic E-state index is 13.5. The third kappa shape index (κ3) is 4.48. The molecule has 1 saturated carbocycles. The standard InChI is InChI=1S/C19H17F7N4O4S/c20-14(21)16-29-28-15(34-16)9-5-6-10-8-30(35(32,33)13(10)7-9)12-4-2-1-3-11(12)27-17(31)18(22,23)19(24,25)26/h5-7,11-12,14H,1-4,8H2,(H,27,31)/t11-,12-/m1/s1. The third-order valence-electron chi connectivity index (χ3n) is 5.91. The van der Waals surface area contributed by atoms with Gasteiger partial charge in [0.1, 0.15) is 0 Å². The van der Waals surface area contributed by atoms with Crippen LogP contribution in [0.15, 0.2) is 27.5 Å². The fourth-order valence-electron chi connectivity index (χ4n) is 4.18. The van der Waals surface area contributed by atoms with Crippen LogP contribution in [-0.4, -0.2) is 53.0 Å². The first kappa shape index (κ1) is 25.3. The number of fused-ring (bicyclic) bond motifs is 1. The number of hydrogen-bond donors (Lipinski definition) is 1. The summed E-state index contributed by atoms with van der Waals surface area (Å²) in [5.41, 5.74) is 0.311. The normalized spacial score (nSPS) is 22.9. The molecule has 2 heterocycles. The van der Waals surface area contributed by atoms with Crippen molar-refractivity contribution < 1.29 is 48.4 Å². The minimum absolute atomic E-state index is 0.00362. The molecule has 1 fully saturated rings. The smallest absolute Gasteiger partial charge is 0.415 e. The lowest BCUT2D eigenvalue weighted by Crippen LogP contribution is -2.59. The predicted octanol–water partition coefficient (Wildman–Crippen LogP) is 3.80. The number of alkyl halides is 7. The van der Waals surface area contributed by atoms with Gasteiger partial charge in [0, 0.05) is 24.2 Å². The Morgan fingerprint density at radius 2 is 1.80 bits per heavy atom. The lowest BCUT2D eigenvalue weighted by Gasteiger charge is -2.37. The van der Waals surface area contributed by atoms with E-state index in [0.717, 1.165) is 10.4 Å². The van der Waals surface area contributed by atoms with Gasteiger partial charge in [-0.3, -0.25) is 4.79 Å². The second-order valence-corrected chi connectivity index (χ2v) is 9.98. The molecule has 1 aliphatic carbocycles. The van der Waals surface area contributed by atoms with Crippen molar-refractivity contribution in [3.8, 4) is 11.5 Å². The summed E-state index contributed by atoms with van der Waals surface area (Å²) in [4.78, 5) is 11.5. The van der Waals surface area contributed by atoms with Crippen LogP contribution in [0.2, 0.25) is 0 Å². The Balaban J connectivity index is 1.60. The van der Waals surface area contributed by atoms with Crippen LogP contribution in [0.5, 0.6) is 0 Å². The number of nitrogens with one attached hydrogen (secondary N) is 1. The molecule has 0 bridgehead atoms. The van der Waals surface area contributed by atoms with E-state index in [1.165, 1.54) is 12.1 Å². The van der Waals surface area contributed by atoms with Crippen molar-refractivity contribution in [1.82, 2.24) is 19.8 Å². The molecule has 4 rings (SSSR count). The van der Waals surface area contributed by atoms with Crippen LogP contribution in [0, 0.1) is 0 Å². The summed E-state index contributed by atoms with van der Waals surface area (Å²) < 4.78 is 122. The van der Waals surface area contributed by atoms with Gasteiger partial charge in [0.05, 0.1) is 4.90 Å². The molecule has 8 nitrogen and oxygen atoms in total. The first-order valence-corrected chi connectivity index (χ1v) is 11.7. The highest BCUT2D eigenvalue weighted by Gasteiger charge is 2.64. The number of aromatic nitrogens is 2. The van der Waals surface area contributed by atoms with Gasteiger partial charge in [-0.1, -0.05) is 18.9 Å². The first-order valence-electron chi connectivity index (χ1n) is 10.3. The van der Waals surface area contributed by atoms with E-state index in [1.807, 2.05) is 0 Å². The number of carbonyl (C=O) groups excluding carboxylic acids is 1. The molecular weight excluding hydrogens is 513 g/mol. The summed E-state index contributed by atoms with van der Waals surface area (Å²) in [6, 6.07) is 1.51. The third-order valence-corrected chi connectivity index (χ3v) is 7.86. The molecule has 2 aromatic rings. The number of hydrogen-bond acceptors (Lipinski definition) is 6. The van der Waals surface area contributed by atoms with E-state index in [4.69, 9.17) is 4.42 Å². The van der Waals surface area contributed by atoms with E-state index in [0.29, 0.717) is 12.8 Å². The van der Waals surface area contributed by atoms with Crippen molar-refractivity contribution in [2.75, 3.05) is 0 Å². The van der Waals surface area contributed by atoms with Crippen LogP contribution in [0.25, 0.3) is 11.5 Å². The Morgan fingerprint density at radius 1 is 1.11 bits per heavy atom. The van der Waals surface area contributed by atoms with Crippen LogP contribution in [0.1, 0.15) is 43.6 Å².